The van der Waals surface area contributed by atoms with E-state index in [2.05, 4.69) is 12.2 Å². The Morgan fingerprint density at radius 2 is 2.55 bits per heavy atom. The Kier molecular flexibility index (Phi) is 3.20. The Hall–Kier alpha value is -0.220. The number of carboxylic acid groups (broad SMARTS) is 1. The molecule has 0 spiro atoms. The second-order valence-electron chi connectivity index (χ2n) is 2.55. The molecule has 0 aromatic rings. The van der Waals surface area contributed by atoms with Crippen LogP contribution in [0.25, 0.3) is 0 Å². The van der Waals surface area contributed by atoms with Gasteiger partial charge in [-0.2, -0.15) is 11.8 Å². The van der Waals surface area contributed by atoms with E-state index in [9.17, 15) is 4.79 Å². The summed E-state index contributed by atoms with van der Waals surface area (Å²) in [5.41, 5.74) is 0. The first-order valence-corrected chi connectivity index (χ1v) is 4.88. The van der Waals surface area contributed by atoms with E-state index in [4.69, 9.17) is 5.11 Å². The molecule has 2 atom stereocenters. The van der Waals surface area contributed by atoms with Gasteiger partial charge in [0, 0.05) is 5.25 Å². The van der Waals surface area contributed by atoms with E-state index in [-0.39, 0.29) is 11.3 Å². The van der Waals surface area contributed by atoms with E-state index in [0.717, 1.165) is 18.7 Å². The molecule has 0 aromatic heterocycles. The van der Waals surface area contributed by atoms with Crippen molar-refractivity contribution in [2.24, 2.45) is 0 Å². The van der Waals surface area contributed by atoms with Gasteiger partial charge < -0.3 is 10.4 Å². The Morgan fingerprint density at radius 1 is 1.82 bits per heavy atom. The van der Waals surface area contributed by atoms with Crippen LogP contribution >= 0.6 is 11.8 Å². The van der Waals surface area contributed by atoms with Crippen molar-refractivity contribution in [3.63, 3.8) is 0 Å². The van der Waals surface area contributed by atoms with Gasteiger partial charge >= 0.3 is 5.97 Å². The highest BCUT2D eigenvalue weighted by molar-refractivity contribution is 7.99. The molecule has 3 nitrogen and oxygen atoms in total. The summed E-state index contributed by atoms with van der Waals surface area (Å²) < 4.78 is 0. The van der Waals surface area contributed by atoms with Gasteiger partial charge in [-0.3, -0.25) is 4.79 Å². The van der Waals surface area contributed by atoms with E-state index in [0.29, 0.717) is 0 Å². The van der Waals surface area contributed by atoms with E-state index < -0.39 is 5.97 Å². The first-order chi connectivity index (χ1) is 5.25. The van der Waals surface area contributed by atoms with Crippen LogP contribution in [0.1, 0.15) is 13.3 Å². The third-order valence-corrected chi connectivity index (χ3v) is 3.08. The fourth-order valence-corrected chi connectivity index (χ4v) is 2.44. The molecule has 0 unspecified atom stereocenters. The number of carboxylic acids is 1. The molecule has 4 heteroatoms. The van der Waals surface area contributed by atoms with Crippen molar-refractivity contribution >= 4 is 17.7 Å². The summed E-state index contributed by atoms with van der Waals surface area (Å²) in [5, 5.41) is 12.0. The topological polar surface area (TPSA) is 49.3 Å². The monoisotopic (exact) mass is 175 g/mol. The van der Waals surface area contributed by atoms with Crippen molar-refractivity contribution in [3.05, 3.63) is 0 Å². The van der Waals surface area contributed by atoms with Crippen molar-refractivity contribution in [2.75, 3.05) is 12.3 Å². The van der Waals surface area contributed by atoms with Crippen LogP contribution in [0.3, 0.4) is 0 Å². The highest BCUT2D eigenvalue weighted by Crippen LogP contribution is 2.22. The lowest BCUT2D eigenvalue weighted by atomic mass is 10.2. The number of carbonyl (C=O) groups is 1. The fourth-order valence-electron chi connectivity index (χ4n) is 1.32. The van der Waals surface area contributed by atoms with E-state index in [1.165, 1.54) is 0 Å². The van der Waals surface area contributed by atoms with Gasteiger partial charge in [0.2, 0.25) is 0 Å². The normalized spacial score (nSPS) is 30.6. The molecule has 0 radical (unpaired) electrons. The first-order valence-electron chi connectivity index (χ1n) is 3.83. The van der Waals surface area contributed by atoms with E-state index in [1.807, 2.05) is 0 Å². The number of thioether (sulfide) groups is 1. The molecule has 1 aliphatic rings. The van der Waals surface area contributed by atoms with Crippen LogP contribution in [-0.2, 0) is 4.79 Å². The van der Waals surface area contributed by atoms with Crippen molar-refractivity contribution < 1.29 is 9.90 Å². The molecule has 0 aromatic carbocycles. The summed E-state index contributed by atoms with van der Waals surface area (Å²) >= 11 is 1.73. The second kappa shape index (κ2) is 3.97. The molecular formula is C7H13NO2S. The summed E-state index contributed by atoms with van der Waals surface area (Å²) in [6.45, 7) is 2.90. The zero-order valence-electron chi connectivity index (χ0n) is 6.54. The zero-order valence-corrected chi connectivity index (χ0v) is 7.36. The van der Waals surface area contributed by atoms with Gasteiger partial charge in [-0.05, 0) is 18.7 Å². The maximum atomic E-state index is 10.6. The third-order valence-electron chi connectivity index (χ3n) is 1.81. The maximum absolute atomic E-state index is 10.6. The van der Waals surface area contributed by atoms with Gasteiger partial charge in [0.1, 0.15) is 6.04 Å². The number of hydrogen-bond acceptors (Lipinski definition) is 3. The zero-order chi connectivity index (χ0) is 8.27. The van der Waals surface area contributed by atoms with Crippen LogP contribution in [0.2, 0.25) is 0 Å². The largest absolute Gasteiger partial charge is 0.480 e. The van der Waals surface area contributed by atoms with Gasteiger partial charge in [0.15, 0.2) is 0 Å². The molecule has 1 saturated heterocycles. The lowest BCUT2D eigenvalue weighted by Crippen LogP contribution is -2.36. The van der Waals surface area contributed by atoms with Gasteiger partial charge in [-0.1, -0.05) is 6.92 Å². The SMILES string of the molecule is CCS[C@@H]1CCN[C@@H]1C(=O)O. The minimum Gasteiger partial charge on any atom is -0.480 e. The molecule has 1 fully saturated rings. The highest BCUT2D eigenvalue weighted by atomic mass is 32.2. The van der Waals surface area contributed by atoms with Crippen LogP contribution < -0.4 is 5.32 Å². The molecule has 0 aliphatic carbocycles. The summed E-state index contributed by atoms with van der Waals surface area (Å²) in [4.78, 5) is 10.6. The van der Waals surface area contributed by atoms with Crippen molar-refractivity contribution in [1.29, 1.82) is 0 Å². The number of rotatable bonds is 3. The number of nitrogens with one attached hydrogen (secondary N) is 1. The molecule has 0 amide bonds. The molecule has 64 valence electrons. The van der Waals surface area contributed by atoms with E-state index >= 15 is 0 Å². The maximum Gasteiger partial charge on any atom is 0.321 e. The van der Waals surface area contributed by atoms with E-state index in [1.54, 1.807) is 11.8 Å². The molecule has 1 rings (SSSR count). The summed E-state index contributed by atoms with van der Waals surface area (Å²) in [5.74, 6) is 0.282. The van der Waals surface area contributed by atoms with Crippen LogP contribution in [0.4, 0.5) is 0 Å². The molecule has 11 heavy (non-hydrogen) atoms. The molecule has 1 aliphatic heterocycles. The smallest absolute Gasteiger partial charge is 0.321 e. The first kappa shape index (κ1) is 8.87. The fraction of sp³-hybridized carbons (Fsp3) is 0.857. The molecule has 0 bridgehead atoms. The molecule has 0 saturated carbocycles. The predicted octanol–water partition coefficient (Wildman–Crippen LogP) is 0.555. The van der Waals surface area contributed by atoms with Crippen LogP contribution in [0.15, 0.2) is 0 Å². The Bertz CT molecular complexity index is 151. The van der Waals surface area contributed by atoms with Crippen LogP contribution in [0, 0.1) is 0 Å². The predicted molar refractivity (Wildman–Crippen MR) is 46.0 cm³/mol. The highest BCUT2D eigenvalue weighted by Gasteiger charge is 2.31. The Labute approximate surface area is 70.6 Å². The molecule has 1 heterocycles. The lowest BCUT2D eigenvalue weighted by molar-refractivity contribution is -0.138. The molecule has 2 N–H and O–H groups in total. The molecular weight excluding hydrogens is 162 g/mol. The minimum absolute atomic E-state index is 0.275. The third kappa shape index (κ3) is 2.10. The summed E-state index contributed by atoms with van der Waals surface area (Å²) in [6.07, 6.45) is 0.982. The standard InChI is InChI=1S/C7H13NO2S/c1-2-11-5-3-4-8-6(5)7(9)10/h5-6,8H,2-4H2,1H3,(H,9,10)/t5-,6+/m1/s1. The second-order valence-corrected chi connectivity index (χ2v) is 4.07. The minimum atomic E-state index is -0.714. The van der Waals surface area contributed by atoms with Gasteiger partial charge in [0.25, 0.3) is 0 Å². The average Bonchev–Trinajstić information content (AvgIpc) is 2.36. The van der Waals surface area contributed by atoms with Gasteiger partial charge in [-0.25, -0.2) is 0 Å². The number of hydrogen-bond donors (Lipinski definition) is 2. The van der Waals surface area contributed by atoms with Crippen molar-refractivity contribution in [2.45, 2.75) is 24.6 Å². The average molecular weight is 175 g/mol. The van der Waals surface area contributed by atoms with Crippen molar-refractivity contribution in [1.82, 2.24) is 5.32 Å². The quantitative estimate of drug-likeness (QED) is 0.658. The number of aliphatic carboxylic acids is 1. The van der Waals surface area contributed by atoms with Crippen molar-refractivity contribution in [3.8, 4) is 0 Å². The summed E-state index contributed by atoms with van der Waals surface area (Å²) in [7, 11) is 0. The van der Waals surface area contributed by atoms with Gasteiger partial charge in [-0.15, -0.1) is 0 Å². The Balaban J connectivity index is 2.44. The Morgan fingerprint density at radius 3 is 3.09 bits per heavy atom. The van der Waals surface area contributed by atoms with Crippen LogP contribution in [-0.4, -0.2) is 34.7 Å². The lowest BCUT2D eigenvalue weighted by Gasteiger charge is -2.13. The van der Waals surface area contributed by atoms with Crippen LogP contribution in [0.5, 0.6) is 0 Å². The summed E-state index contributed by atoms with van der Waals surface area (Å²) in [6, 6.07) is -0.319. The van der Waals surface area contributed by atoms with Gasteiger partial charge in [0.05, 0.1) is 0 Å².